The predicted octanol–water partition coefficient (Wildman–Crippen LogP) is -4.43. The quantitative estimate of drug-likeness (QED) is 0.0436. The molecule has 1 aromatic rings. The summed E-state index contributed by atoms with van der Waals surface area (Å²) in [5.41, 5.74) is 11.4. The molecule has 26 heteroatoms. The van der Waals surface area contributed by atoms with E-state index in [0.29, 0.717) is 12.1 Å². The van der Waals surface area contributed by atoms with Gasteiger partial charge >= 0.3 is 17.9 Å². The smallest absolute Gasteiger partial charge is 0.326 e. The fraction of sp³-hybridized carbons (Fsp3) is 0.622. The van der Waals surface area contributed by atoms with Crippen LogP contribution in [0.15, 0.2) is 12.5 Å². The van der Waals surface area contributed by atoms with Crippen molar-refractivity contribution < 1.29 is 68.1 Å². The molecule has 0 spiro atoms. The fourth-order valence-corrected chi connectivity index (χ4v) is 7.25. The monoisotopic (exact) mass is 909 g/mol. The molecule has 2 fully saturated rings. The molecule has 0 radical (unpaired) electrons. The molecule has 348 valence electrons. The summed E-state index contributed by atoms with van der Waals surface area (Å²) in [6.45, 7) is 3.23. The number of carboxylic acids is 3. The Morgan fingerprint density at radius 3 is 1.81 bits per heavy atom. The summed E-state index contributed by atoms with van der Waals surface area (Å²) >= 11 is 3.91. The van der Waals surface area contributed by atoms with Gasteiger partial charge in [-0.3, -0.25) is 47.9 Å². The van der Waals surface area contributed by atoms with Crippen LogP contribution in [0, 0.1) is 5.92 Å². The summed E-state index contributed by atoms with van der Waals surface area (Å²) in [4.78, 5) is 150. The van der Waals surface area contributed by atoms with Gasteiger partial charge in [-0.15, -0.1) is 0 Å². The second-order valence-electron chi connectivity index (χ2n) is 15.5. The average molecular weight is 910 g/mol. The Morgan fingerprint density at radius 2 is 1.32 bits per heavy atom. The summed E-state index contributed by atoms with van der Waals surface area (Å²) in [6, 6.07) is -11.2. The lowest BCUT2D eigenvalue weighted by molar-refractivity contribution is -0.146. The summed E-state index contributed by atoms with van der Waals surface area (Å²) in [7, 11) is 0. The SMILES string of the molecule is CC(C)[C@H](NC(=O)[C@@H]1CCCN1C(=O)[C@H](CC(N)=O)NC(=O)[C@H](CC(=O)O)NC(=O)[C@@H](N)CS)C(=O)N[C@@H](Cc1cnc[nH]1)C(=O)N1CCC[C@H]1C(=O)N[C@@H](CCC(=O)O)C(=O)O. The molecule has 1 aromatic heterocycles. The highest BCUT2D eigenvalue weighted by Gasteiger charge is 2.43. The van der Waals surface area contributed by atoms with E-state index in [2.05, 4.69) is 49.2 Å². The van der Waals surface area contributed by atoms with E-state index < -0.39 is 145 Å². The van der Waals surface area contributed by atoms with Crippen molar-refractivity contribution in [1.29, 1.82) is 0 Å². The summed E-state index contributed by atoms with van der Waals surface area (Å²) < 4.78 is 0. The molecule has 13 N–H and O–H groups in total. The van der Waals surface area contributed by atoms with Gasteiger partial charge in [0.2, 0.25) is 47.3 Å². The maximum Gasteiger partial charge on any atom is 0.326 e. The number of thiol groups is 1. The van der Waals surface area contributed by atoms with Gasteiger partial charge in [0.1, 0.15) is 42.3 Å². The number of carbonyl (C=O) groups is 11. The first-order valence-corrected chi connectivity index (χ1v) is 20.7. The normalized spacial score (nSPS) is 18.8. The number of aromatic nitrogens is 2. The molecule has 0 unspecified atom stereocenters. The van der Waals surface area contributed by atoms with Gasteiger partial charge in [-0.2, -0.15) is 12.6 Å². The van der Waals surface area contributed by atoms with Crippen LogP contribution >= 0.6 is 12.6 Å². The molecule has 0 saturated carbocycles. The van der Waals surface area contributed by atoms with Crippen molar-refractivity contribution in [2.45, 2.75) is 120 Å². The van der Waals surface area contributed by atoms with E-state index in [1.807, 2.05) is 0 Å². The number of aromatic amines is 1. The number of amides is 8. The number of carbonyl (C=O) groups excluding carboxylic acids is 8. The number of imidazole rings is 1. The van der Waals surface area contributed by atoms with E-state index in [9.17, 15) is 63.0 Å². The number of rotatable bonds is 24. The Balaban J connectivity index is 1.81. The van der Waals surface area contributed by atoms with Crippen LogP contribution in [0.4, 0.5) is 0 Å². The number of nitrogens with zero attached hydrogens (tertiary/aromatic N) is 3. The number of nitrogens with one attached hydrogen (secondary N) is 6. The van der Waals surface area contributed by atoms with Crippen LogP contribution in [0.5, 0.6) is 0 Å². The van der Waals surface area contributed by atoms with E-state index in [4.69, 9.17) is 16.6 Å². The van der Waals surface area contributed by atoms with E-state index in [0.717, 1.165) is 4.90 Å². The zero-order valence-corrected chi connectivity index (χ0v) is 35.5. The van der Waals surface area contributed by atoms with Gasteiger partial charge in [-0.1, -0.05) is 13.8 Å². The maximum absolute atomic E-state index is 14.2. The highest BCUT2D eigenvalue weighted by atomic mass is 32.1. The minimum atomic E-state index is -1.73. The predicted molar refractivity (Wildman–Crippen MR) is 219 cm³/mol. The van der Waals surface area contributed by atoms with E-state index >= 15 is 0 Å². The van der Waals surface area contributed by atoms with Crippen molar-refractivity contribution in [3.63, 3.8) is 0 Å². The lowest BCUT2D eigenvalue weighted by Crippen LogP contribution is -2.61. The van der Waals surface area contributed by atoms with E-state index in [1.165, 1.54) is 17.4 Å². The van der Waals surface area contributed by atoms with Crippen molar-refractivity contribution in [3.8, 4) is 0 Å². The van der Waals surface area contributed by atoms with Crippen LogP contribution in [0.3, 0.4) is 0 Å². The van der Waals surface area contributed by atoms with Gasteiger partial charge in [0.25, 0.3) is 0 Å². The van der Waals surface area contributed by atoms with Crippen LogP contribution in [0.2, 0.25) is 0 Å². The lowest BCUT2D eigenvalue weighted by Gasteiger charge is -2.32. The number of H-pyrrole nitrogens is 1. The Labute approximate surface area is 366 Å². The third-order valence-corrected chi connectivity index (χ3v) is 10.7. The third-order valence-electron chi connectivity index (χ3n) is 10.3. The standard InChI is InChI=1S/C37H55N11O14S/c1-17(2)29(34(58)45-22(11-18-14-40-16-41-18)35(59)47-9-3-5-24(47)32(56)42-20(37(61)62)7-8-27(50)51)46-33(57)25-6-4-10-48(25)36(60)23(12-26(39)49)44-31(55)21(13-28(52)53)43-30(54)19(38)15-63/h14,16-17,19-25,29,63H,3-13,15,38H2,1-2H3,(H2,39,49)(H,40,41)(H,42,56)(H,43,54)(H,44,55)(H,45,58)(H,46,57)(H,50,51)(H,52,53)(H,61,62)/t19-,20-,21-,22-,23-,24-,25-,29-/m0/s1. The second kappa shape index (κ2) is 23.8. The van der Waals surface area contributed by atoms with Crippen molar-refractivity contribution in [2.75, 3.05) is 18.8 Å². The van der Waals surface area contributed by atoms with Gasteiger partial charge in [-0.05, 0) is 38.0 Å². The molecule has 2 saturated heterocycles. The first-order valence-electron chi connectivity index (χ1n) is 20.1. The Bertz CT molecular complexity index is 1880. The van der Waals surface area contributed by atoms with Gasteiger partial charge < -0.3 is 68.2 Å². The van der Waals surface area contributed by atoms with Gasteiger partial charge in [0.05, 0.1) is 25.2 Å². The highest BCUT2D eigenvalue weighted by molar-refractivity contribution is 7.80. The fourth-order valence-electron chi connectivity index (χ4n) is 7.08. The maximum atomic E-state index is 14.2. The topological polar surface area (TPSA) is 396 Å². The molecule has 0 aliphatic carbocycles. The molecule has 3 heterocycles. The number of aliphatic carboxylic acids is 3. The number of nitrogens with two attached hydrogens (primary N) is 2. The Kier molecular flexibility index (Phi) is 19.3. The van der Waals surface area contributed by atoms with Crippen molar-refractivity contribution in [3.05, 3.63) is 18.2 Å². The molecule has 8 amide bonds. The largest absolute Gasteiger partial charge is 0.481 e. The molecule has 8 atom stereocenters. The first kappa shape index (κ1) is 51.0. The molecule has 2 aliphatic heterocycles. The van der Waals surface area contributed by atoms with E-state index in [-0.39, 0.29) is 44.5 Å². The van der Waals surface area contributed by atoms with Crippen LogP contribution < -0.4 is 38.1 Å². The number of hydrogen-bond acceptors (Lipinski definition) is 14. The zero-order valence-electron chi connectivity index (χ0n) is 34.6. The molecule has 3 rings (SSSR count). The lowest BCUT2D eigenvalue weighted by atomic mass is 10.0. The second-order valence-corrected chi connectivity index (χ2v) is 15.8. The van der Waals surface area contributed by atoms with Crippen LogP contribution in [0.25, 0.3) is 0 Å². The molecular formula is C37H55N11O14S. The minimum absolute atomic E-state index is 0.0369. The van der Waals surface area contributed by atoms with Gasteiger partial charge in [0, 0.05) is 43.6 Å². The Morgan fingerprint density at radius 1 is 0.762 bits per heavy atom. The number of primary amides is 1. The van der Waals surface area contributed by atoms with Gasteiger partial charge in [0.15, 0.2) is 0 Å². The van der Waals surface area contributed by atoms with E-state index in [1.54, 1.807) is 13.8 Å². The van der Waals surface area contributed by atoms with Crippen LogP contribution in [-0.4, -0.2) is 167 Å². The Hall–Kier alpha value is -6.31. The number of carboxylic acid groups (broad SMARTS) is 3. The molecule has 2 aliphatic rings. The molecule has 0 bridgehead atoms. The van der Waals surface area contributed by atoms with Crippen LogP contribution in [-0.2, 0) is 59.2 Å². The summed E-state index contributed by atoms with van der Waals surface area (Å²) in [5, 5.41) is 40.0. The molecule has 0 aromatic carbocycles. The number of likely N-dealkylation sites (tertiary alicyclic amines) is 2. The first-order chi connectivity index (χ1) is 29.6. The minimum Gasteiger partial charge on any atom is -0.481 e. The summed E-state index contributed by atoms with van der Waals surface area (Å²) in [6.07, 6.45) is 0.803. The zero-order chi connectivity index (χ0) is 47.1. The molecule has 25 nitrogen and oxygen atoms in total. The molecular weight excluding hydrogens is 855 g/mol. The average Bonchev–Trinajstić information content (AvgIpc) is 4.02. The van der Waals surface area contributed by atoms with Crippen molar-refractivity contribution >= 4 is 77.8 Å². The number of hydrogen-bond donors (Lipinski definition) is 12. The highest BCUT2D eigenvalue weighted by Crippen LogP contribution is 2.22. The van der Waals surface area contributed by atoms with Crippen molar-refractivity contribution in [1.82, 2.24) is 46.4 Å². The van der Waals surface area contributed by atoms with Gasteiger partial charge in [-0.25, -0.2) is 9.78 Å². The summed E-state index contributed by atoms with van der Waals surface area (Å²) in [5.74, 6) is -12.2. The van der Waals surface area contributed by atoms with Crippen molar-refractivity contribution in [2.24, 2.45) is 17.4 Å². The van der Waals surface area contributed by atoms with Crippen LogP contribution in [0.1, 0.15) is 70.9 Å². The molecule has 63 heavy (non-hydrogen) atoms. The third kappa shape index (κ3) is 14.9.